The summed E-state index contributed by atoms with van der Waals surface area (Å²) in [7, 11) is 0. The molecule has 1 aromatic heterocycles. The summed E-state index contributed by atoms with van der Waals surface area (Å²) in [5, 5.41) is 0. The standard InChI is InChI=1S/C14H13F4NO/c1-2-9-4-6-12(20-9)13(19)10-7-8(14(16,17)18)3-5-11(10)15/h3-7,13H,2,19H2,1H3. The van der Waals surface area contributed by atoms with Crippen molar-refractivity contribution in [2.75, 3.05) is 0 Å². The van der Waals surface area contributed by atoms with E-state index in [4.69, 9.17) is 10.2 Å². The zero-order valence-corrected chi connectivity index (χ0v) is 10.7. The second-order valence-corrected chi connectivity index (χ2v) is 4.37. The molecule has 6 heteroatoms. The van der Waals surface area contributed by atoms with Gasteiger partial charge in [0.05, 0.1) is 11.6 Å². The zero-order chi connectivity index (χ0) is 14.9. The van der Waals surface area contributed by atoms with Gasteiger partial charge in [-0.3, -0.25) is 0 Å². The molecule has 108 valence electrons. The highest BCUT2D eigenvalue weighted by Gasteiger charge is 2.32. The minimum atomic E-state index is -4.54. The van der Waals surface area contributed by atoms with Crippen molar-refractivity contribution in [2.45, 2.75) is 25.6 Å². The number of alkyl halides is 3. The molecule has 0 fully saturated rings. The van der Waals surface area contributed by atoms with Gasteiger partial charge in [-0.2, -0.15) is 13.2 Å². The Kier molecular flexibility index (Phi) is 3.85. The van der Waals surface area contributed by atoms with Crippen LogP contribution >= 0.6 is 0 Å². The maximum Gasteiger partial charge on any atom is 0.416 e. The minimum absolute atomic E-state index is 0.236. The number of aryl methyl sites for hydroxylation is 1. The fourth-order valence-electron chi connectivity index (χ4n) is 1.86. The second-order valence-electron chi connectivity index (χ2n) is 4.37. The Bertz CT molecular complexity index is 603. The van der Waals surface area contributed by atoms with Gasteiger partial charge in [0.1, 0.15) is 17.3 Å². The fraction of sp³-hybridized carbons (Fsp3) is 0.286. The van der Waals surface area contributed by atoms with E-state index in [-0.39, 0.29) is 11.3 Å². The van der Waals surface area contributed by atoms with Crippen molar-refractivity contribution in [3.05, 3.63) is 58.8 Å². The van der Waals surface area contributed by atoms with Crippen molar-refractivity contribution in [1.29, 1.82) is 0 Å². The Labute approximate surface area is 113 Å². The Morgan fingerprint density at radius 1 is 1.20 bits per heavy atom. The SMILES string of the molecule is CCc1ccc(C(N)c2cc(C(F)(F)F)ccc2F)o1. The van der Waals surface area contributed by atoms with E-state index in [1.165, 1.54) is 0 Å². The molecule has 2 rings (SSSR count). The molecule has 0 amide bonds. The van der Waals surface area contributed by atoms with Gasteiger partial charge in [-0.05, 0) is 30.3 Å². The summed E-state index contributed by atoms with van der Waals surface area (Å²) in [6.07, 6.45) is -3.92. The maximum absolute atomic E-state index is 13.7. The van der Waals surface area contributed by atoms with Gasteiger partial charge in [0, 0.05) is 12.0 Å². The van der Waals surface area contributed by atoms with E-state index in [1.807, 2.05) is 6.92 Å². The van der Waals surface area contributed by atoms with E-state index in [1.54, 1.807) is 12.1 Å². The van der Waals surface area contributed by atoms with Gasteiger partial charge in [-0.15, -0.1) is 0 Å². The molecule has 0 saturated heterocycles. The third-order valence-electron chi connectivity index (χ3n) is 3.00. The van der Waals surface area contributed by atoms with E-state index in [2.05, 4.69) is 0 Å². The molecule has 1 heterocycles. The molecular weight excluding hydrogens is 274 g/mol. The average Bonchev–Trinajstić information content (AvgIpc) is 2.86. The molecule has 0 saturated carbocycles. The first-order valence-electron chi connectivity index (χ1n) is 6.03. The Morgan fingerprint density at radius 2 is 1.90 bits per heavy atom. The van der Waals surface area contributed by atoms with Gasteiger partial charge in [0.15, 0.2) is 0 Å². The number of furan rings is 1. The molecule has 0 aliphatic rings. The van der Waals surface area contributed by atoms with E-state index in [0.29, 0.717) is 24.3 Å². The molecule has 0 radical (unpaired) electrons. The summed E-state index contributed by atoms with van der Waals surface area (Å²) in [4.78, 5) is 0. The molecule has 20 heavy (non-hydrogen) atoms. The first kappa shape index (κ1) is 14.6. The highest BCUT2D eigenvalue weighted by molar-refractivity contribution is 5.33. The van der Waals surface area contributed by atoms with Crippen molar-refractivity contribution in [1.82, 2.24) is 0 Å². The maximum atomic E-state index is 13.7. The number of hydrogen-bond donors (Lipinski definition) is 1. The van der Waals surface area contributed by atoms with E-state index in [9.17, 15) is 17.6 Å². The molecule has 0 aliphatic heterocycles. The molecule has 2 aromatic rings. The van der Waals surface area contributed by atoms with Crippen LogP contribution in [0.15, 0.2) is 34.7 Å². The molecule has 0 bridgehead atoms. The van der Waals surface area contributed by atoms with E-state index < -0.39 is 23.6 Å². The van der Waals surface area contributed by atoms with Crippen LogP contribution in [0.4, 0.5) is 17.6 Å². The highest BCUT2D eigenvalue weighted by atomic mass is 19.4. The van der Waals surface area contributed by atoms with Gasteiger partial charge >= 0.3 is 6.18 Å². The predicted octanol–water partition coefficient (Wildman–Crippen LogP) is 4.05. The third kappa shape index (κ3) is 2.85. The summed E-state index contributed by atoms with van der Waals surface area (Å²) < 4.78 is 57.0. The van der Waals surface area contributed by atoms with Gasteiger partial charge in [0.2, 0.25) is 0 Å². The molecule has 1 aromatic carbocycles. The molecule has 1 unspecified atom stereocenters. The van der Waals surface area contributed by atoms with Crippen molar-refractivity contribution in [3.8, 4) is 0 Å². The van der Waals surface area contributed by atoms with Crippen LogP contribution < -0.4 is 5.73 Å². The third-order valence-corrected chi connectivity index (χ3v) is 3.00. The summed E-state index contributed by atoms with van der Waals surface area (Å²) in [5.74, 6) is 0.0860. The lowest BCUT2D eigenvalue weighted by molar-refractivity contribution is -0.137. The Hall–Kier alpha value is -1.82. The number of hydrogen-bond acceptors (Lipinski definition) is 2. The van der Waals surface area contributed by atoms with Crippen molar-refractivity contribution in [2.24, 2.45) is 5.73 Å². The number of rotatable bonds is 3. The smallest absolute Gasteiger partial charge is 0.416 e. The first-order valence-corrected chi connectivity index (χ1v) is 6.03. The van der Waals surface area contributed by atoms with Crippen LogP contribution in [0.5, 0.6) is 0 Å². The van der Waals surface area contributed by atoms with E-state index >= 15 is 0 Å². The summed E-state index contributed by atoms with van der Waals surface area (Å²) in [6, 6.07) is 4.31. The molecule has 2 nitrogen and oxygen atoms in total. The topological polar surface area (TPSA) is 39.2 Å². The predicted molar refractivity (Wildman–Crippen MR) is 65.5 cm³/mol. The van der Waals surface area contributed by atoms with Crippen molar-refractivity contribution >= 4 is 0 Å². The number of benzene rings is 1. The van der Waals surface area contributed by atoms with Gasteiger partial charge < -0.3 is 10.2 Å². The average molecular weight is 287 g/mol. The van der Waals surface area contributed by atoms with Gasteiger partial charge in [-0.1, -0.05) is 6.92 Å². The molecule has 0 spiro atoms. The number of halogens is 4. The first-order chi connectivity index (χ1) is 9.32. The highest BCUT2D eigenvalue weighted by Crippen LogP contribution is 2.33. The lowest BCUT2D eigenvalue weighted by Crippen LogP contribution is -2.15. The van der Waals surface area contributed by atoms with Crippen LogP contribution in [-0.2, 0) is 12.6 Å². The van der Waals surface area contributed by atoms with Gasteiger partial charge in [0.25, 0.3) is 0 Å². The molecule has 2 N–H and O–H groups in total. The van der Waals surface area contributed by atoms with Crippen molar-refractivity contribution < 1.29 is 22.0 Å². The normalized spacial score (nSPS) is 13.5. The summed E-state index contributed by atoms with van der Waals surface area (Å²) in [6.45, 7) is 1.86. The largest absolute Gasteiger partial charge is 0.464 e. The van der Waals surface area contributed by atoms with Crippen LogP contribution in [0.2, 0.25) is 0 Å². The lowest BCUT2D eigenvalue weighted by atomic mass is 10.0. The monoisotopic (exact) mass is 287 g/mol. The van der Waals surface area contributed by atoms with Crippen molar-refractivity contribution in [3.63, 3.8) is 0 Å². The molecule has 1 atom stereocenters. The molecule has 0 aliphatic carbocycles. The van der Waals surface area contributed by atoms with E-state index in [0.717, 1.165) is 6.07 Å². The molecular formula is C14H13F4NO. The fourth-order valence-corrected chi connectivity index (χ4v) is 1.86. The minimum Gasteiger partial charge on any atom is -0.464 e. The van der Waals surface area contributed by atoms with Crippen LogP contribution in [0.3, 0.4) is 0 Å². The Morgan fingerprint density at radius 3 is 2.45 bits per heavy atom. The summed E-state index contributed by atoms with van der Waals surface area (Å²) >= 11 is 0. The van der Waals surface area contributed by atoms with Crippen LogP contribution in [-0.4, -0.2) is 0 Å². The Balaban J connectivity index is 2.40. The quantitative estimate of drug-likeness (QED) is 0.865. The van der Waals surface area contributed by atoms with Crippen LogP contribution in [0, 0.1) is 5.82 Å². The number of nitrogens with two attached hydrogens (primary N) is 1. The van der Waals surface area contributed by atoms with Crippen LogP contribution in [0.1, 0.15) is 35.6 Å². The van der Waals surface area contributed by atoms with Crippen LogP contribution in [0.25, 0.3) is 0 Å². The summed E-state index contributed by atoms with van der Waals surface area (Å²) in [5.41, 5.74) is 4.62. The zero-order valence-electron chi connectivity index (χ0n) is 10.7. The second kappa shape index (κ2) is 5.28. The lowest BCUT2D eigenvalue weighted by Gasteiger charge is -2.14. The van der Waals surface area contributed by atoms with Gasteiger partial charge in [-0.25, -0.2) is 4.39 Å².